The number of hydrogen-bond donors (Lipinski definition) is 4. The van der Waals surface area contributed by atoms with Gasteiger partial charge in [-0.1, -0.05) is 10.3 Å². The van der Waals surface area contributed by atoms with Crippen LogP contribution >= 0.6 is 0 Å². The zero-order valence-corrected chi connectivity index (χ0v) is 14.7. The van der Waals surface area contributed by atoms with Crippen LogP contribution in [0.1, 0.15) is 30.7 Å². The second-order valence-electron chi connectivity index (χ2n) is 5.49. The zero-order valence-electron chi connectivity index (χ0n) is 14.7. The van der Waals surface area contributed by atoms with E-state index in [-0.39, 0.29) is 11.7 Å². The fourth-order valence-corrected chi connectivity index (χ4v) is 2.10. The van der Waals surface area contributed by atoms with Gasteiger partial charge in [0.2, 0.25) is 0 Å². The van der Waals surface area contributed by atoms with Gasteiger partial charge in [0.25, 0.3) is 0 Å². The van der Waals surface area contributed by atoms with Crippen molar-refractivity contribution in [2.75, 3.05) is 13.2 Å². The van der Waals surface area contributed by atoms with Gasteiger partial charge in [-0.3, -0.25) is 0 Å². The number of nitrogens with two attached hydrogens (primary N) is 2. The molecular formula is C17H22N6O4. The third-order valence-corrected chi connectivity index (χ3v) is 3.54. The maximum absolute atomic E-state index is 8.58. The van der Waals surface area contributed by atoms with Crippen molar-refractivity contribution in [2.24, 2.45) is 21.8 Å². The van der Waals surface area contributed by atoms with Crippen LogP contribution in [0.2, 0.25) is 0 Å². The lowest BCUT2D eigenvalue weighted by Crippen LogP contribution is -2.14. The van der Waals surface area contributed by atoms with Gasteiger partial charge in [-0.15, -0.1) is 0 Å². The number of rotatable bonds is 10. The summed E-state index contributed by atoms with van der Waals surface area (Å²) in [6.45, 7) is 1.11. The van der Waals surface area contributed by atoms with Crippen LogP contribution in [0.15, 0.2) is 47.0 Å². The van der Waals surface area contributed by atoms with E-state index in [4.69, 9.17) is 31.4 Å². The maximum Gasteiger partial charge on any atom is 0.188 e. The van der Waals surface area contributed by atoms with Crippen LogP contribution in [-0.4, -0.2) is 45.3 Å². The highest BCUT2D eigenvalue weighted by atomic mass is 16.5. The molecule has 27 heavy (non-hydrogen) atoms. The fraction of sp³-hybridized carbons (Fsp3) is 0.294. The molecule has 0 spiro atoms. The minimum atomic E-state index is -0.0450. The largest absolute Gasteiger partial charge is 0.492 e. The molecule has 0 aliphatic heterocycles. The summed E-state index contributed by atoms with van der Waals surface area (Å²) < 4.78 is 11.2. The third-order valence-electron chi connectivity index (χ3n) is 3.54. The molecule has 0 saturated heterocycles. The SMILES string of the molecule is N/C(=N\O)c1ccc(OCCCCCOc2ccc(/C(N)=N\O)nc2)cn1. The van der Waals surface area contributed by atoms with Crippen LogP contribution in [0.4, 0.5) is 0 Å². The van der Waals surface area contributed by atoms with Gasteiger partial charge in [-0.25, -0.2) is 9.97 Å². The van der Waals surface area contributed by atoms with Gasteiger partial charge in [0.05, 0.1) is 25.6 Å². The summed E-state index contributed by atoms with van der Waals surface area (Å²) in [6, 6.07) is 6.68. The third kappa shape index (κ3) is 6.34. The first-order chi connectivity index (χ1) is 13.1. The highest BCUT2D eigenvalue weighted by Crippen LogP contribution is 2.12. The highest BCUT2D eigenvalue weighted by molar-refractivity contribution is 5.95. The van der Waals surface area contributed by atoms with Crippen LogP contribution in [0.5, 0.6) is 11.5 Å². The van der Waals surface area contributed by atoms with E-state index < -0.39 is 0 Å². The molecule has 0 aliphatic carbocycles. The van der Waals surface area contributed by atoms with Crippen molar-refractivity contribution in [2.45, 2.75) is 19.3 Å². The molecule has 10 heteroatoms. The molecule has 0 bridgehead atoms. The number of amidine groups is 2. The van der Waals surface area contributed by atoms with Gasteiger partial charge < -0.3 is 31.4 Å². The fourth-order valence-electron chi connectivity index (χ4n) is 2.10. The summed E-state index contributed by atoms with van der Waals surface area (Å²) in [6.07, 6.45) is 5.73. The number of ether oxygens (including phenoxy) is 2. The number of pyridine rings is 2. The molecule has 0 fully saturated rings. The first-order valence-electron chi connectivity index (χ1n) is 8.27. The van der Waals surface area contributed by atoms with E-state index in [0.717, 1.165) is 19.3 Å². The zero-order chi connectivity index (χ0) is 19.5. The average Bonchev–Trinajstić information content (AvgIpc) is 2.72. The number of hydrogen-bond acceptors (Lipinski definition) is 8. The van der Waals surface area contributed by atoms with Gasteiger partial charge in [0.1, 0.15) is 22.9 Å². The van der Waals surface area contributed by atoms with Crippen LogP contribution in [0.3, 0.4) is 0 Å². The number of nitrogens with zero attached hydrogens (tertiary/aromatic N) is 4. The van der Waals surface area contributed by atoms with Gasteiger partial charge in [-0.05, 0) is 43.5 Å². The van der Waals surface area contributed by atoms with Crippen molar-refractivity contribution < 1.29 is 19.9 Å². The summed E-state index contributed by atoms with van der Waals surface area (Å²) >= 11 is 0. The van der Waals surface area contributed by atoms with Gasteiger partial charge >= 0.3 is 0 Å². The maximum atomic E-state index is 8.58. The Bertz CT molecular complexity index is 696. The van der Waals surface area contributed by atoms with E-state index in [1.54, 1.807) is 24.3 Å². The minimum absolute atomic E-state index is 0.0450. The minimum Gasteiger partial charge on any atom is -0.492 e. The molecule has 0 saturated carbocycles. The van der Waals surface area contributed by atoms with Crippen LogP contribution < -0.4 is 20.9 Å². The molecule has 0 aliphatic rings. The Morgan fingerprint density at radius 2 is 1.22 bits per heavy atom. The van der Waals surface area contributed by atoms with Gasteiger partial charge in [0, 0.05) is 0 Å². The Morgan fingerprint density at radius 1 is 0.778 bits per heavy atom. The number of unbranched alkanes of at least 4 members (excludes halogenated alkanes) is 2. The monoisotopic (exact) mass is 374 g/mol. The predicted molar refractivity (Wildman–Crippen MR) is 98.3 cm³/mol. The van der Waals surface area contributed by atoms with Crippen LogP contribution in [-0.2, 0) is 0 Å². The highest BCUT2D eigenvalue weighted by Gasteiger charge is 2.03. The van der Waals surface area contributed by atoms with Crippen molar-refractivity contribution >= 4 is 11.7 Å². The van der Waals surface area contributed by atoms with Crippen molar-refractivity contribution in [3.8, 4) is 11.5 Å². The molecule has 0 radical (unpaired) electrons. The Balaban J connectivity index is 1.59. The summed E-state index contributed by atoms with van der Waals surface area (Å²) in [5.74, 6) is 1.16. The molecule has 2 aromatic heterocycles. The Labute approximate surface area is 156 Å². The second kappa shape index (κ2) is 10.4. The van der Waals surface area contributed by atoms with Crippen molar-refractivity contribution in [1.29, 1.82) is 0 Å². The lowest BCUT2D eigenvalue weighted by Gasteiger charge is -2.08. The van der Waals surface area contributed by atoms with E-state index in [2.05, 4.69) is 20.3 Å². The summed E-state index contributed by atoms with van der Waals surface area (Å²) in [7, 11) is 0. The van der Waals surface area contributed by atoms with Crippen LogP contribution in [0.25, 0.3) is 0 Å². The Kier molecular flexibility index (Phi) is 7.64. The van der Waals surface area contributed by atoms with E-state index in [1.165, 1.54) is 12.4 Å². The Hall–Kier alpha value is -3.56. The average molecular weight is 374 g/mol. The second-order valence-corrected chi connectivity index (χ2v) is 5.49. The number of oxime groups is 2. The Morgan fingerprint density at radius 3 is 1.56 bits per heavy atom. The molecule has 144 valence electrons. The summed E-state index contributed by atoms with van der Waals surface area (Å²) in [5, 5.41) is 22.9. The first kappa shape index (κ1) is 19.8. The van der Waals surface area contributed by atoms with E-state index in [1.807, 2.05) is 0 Å². The molecule has 2 heterocycles. The van der Waals surface area contributed by atoms with Crippen molar-refractivity contribution in [1.82, 2.24) is 9.97 Å². The van der Waals surface area contributed by atoms with E-state index in [0.29, 0.717) is 36.1 Å². The predicted octanol–water partition coefficient (Wildman–Crippen LogP) is 1.29. The van der Waals surface area contributed by atoms with E-state index in [9.17, 15) is 0 Å². The normalized spacial score (nSPS) is 12.0. The summed E-state index contributed by atoms with van der Waals surface area (Å²) in [4.78, 5) is 8.08. The molecule has 6 N–H and O–H groups in total. The molecule has 10 nitrogen and oxygen atoms in total. The van der Waals surface area contributed by atoms with Gasteiger partial charge in [0.15, 0.2) is 11.7 Å². The van der Waals surface area contributed by atoms with E-state index >= 15 is 0 Å². The molecule has 0 amide bonds. The summed E-state index contributed by atoms with van der Waals surface area (Å²) in [5.41, 5.74) is 11.7. The molecule has 0 unspecified atom stereocenters. The van der Waals surface area contributed by atoms with Gasteiger partial charge in [-0.2, -0.15) is 0 Å². The molecule has 0 aromatic carbocycles. The standard InChI is InChI=1S/C17H22N6O4/c18-16(22-24)14-6-4-12(10-20-14)26-8-2-1-3-9-27-13-5-7-15(21-11-13)17(19)23-25/h4-7,10-11,24-25H,1-3,8-9H2,(H2,18,22)(H2,19,23). The first-order valence-corrected chi connectivity index (χ1v) is 8.27. The van der Waals surface area contributed by atoms with Crippen LogP contribution in [0, 0.1) is 0 Å². The lowest BCUT2D eigenvalue weighted by molar-refractivity contribution is 0.278. The smallest absolute Gasteiger partial charge is 0.188 e. The lowest BCUT2D eigenvalue weighted by atomic mass is 10.2. The quantitative estimate of drug-likeness (QED) is 0.159. The number of aromatic nitrogens is 2. The van der Waals surface area contributed by atoms with Crippen molar-refractivity contribution in [3.63, 3.8) is 0 Å². The van der Waals surface area contributed by atoms with Crippen molar-refractivity contribution in [3.05, 3.63) is 48.0 Å². The topological polar surface area (TPSA) is 161 Å². The molecular weight excluding hydrogens is 352 g/mol. The molecule has 0 atom stereocenters. The molecule has 2 aromatic rings. The molecule has 2 rings (SSSR count).